The Kier molecular flexibility index (Phi) is 14.6. The van der Waals surface area contributed by atoms with E-state index in [1.807, 2.05) is 0 Å². The number of nitrogens with one attached hydrogen (secondary N) is 1. The minimum absolute atomic E-state index is 0.0215. The van der Waals surface area contributed by atoms with Crippen molar-refractivity contribution in [1.82, 2.24) is 5.32 Å². The van der Waals surface area contributed by atoms with Gasteiger partial charge in [-0.15, -0.1) is 0 Å². The van der Waals surface area contributed by atoms with E-state index in [9.17, 15) is 28.8 Å². The first kappa shape index (κ1) is 39.2. The van der Waals surface area contributed by atoms with Crippen LogP contribution in [0, 0.1) is 0 Å². The number of esters is 5. The van der Waals surface area contributed by atoms with Gasteiger partial charge in [0.25, 0.3) is 0 Å². The van der Waals surface area contributed by atoms with Crippen LogP contribution < -0.4 is 5.32 Å². The number of carbonyl (C=O) groups excluding carboxylic acids is 6. The fourth-order valence-electron chi connectivity index (χ4n) is 5.15. The van der Waals surface area contributed by atoms with E-state index < -0.39 is 88.9 Å². The minimum Gasteiger partial charge on any atom is -0.463 e. The Morgan fingerprint density at radius 2 is 1.62 bits per heavy atom. The molecule has 3 heterocycles. The summed E-state index contributed by atoms with van der Waals surface area (Å²) >= 11 is 13.7. The van der Waals surface area contributed by atoms with Crippen molar-refractivity contribution >= 4 is 70.9 Å². The van der Waals surface area contributed by atoms with Crippen molar-refractivity contribution in [2.24, 2.45) is 0 Å². The Morgan fingerprint density at radius 1 is 0.938 bits per heavy atom. The summed E-state index contributed by atoms with van der Waals surface area (Å²) in [6.45, 7) is 3.31. The van der Waals surface area contributed by atoms with Gasteiger partial charge in [-0.1, -0.05) is 59.6 Å². The number of alkyl carbamates (subject to hydrolysis) is 1. The van der Waals surface area contributed by atoms with Gasteiger partial charge >= 0.3 is 35.9 Å². The summed E-state index contributed by atoms with van der Waals surface area (Å²) in [6.07, 6.45) is -5.83. The summed E-state index contributed by atoms with van der Waals surface area (Å²) in [4.78, 5) is 75.0. The largest absolute Gasteiger partial charge is 0.463 e. The van der Waals surface area contributed by atoms with Gasteiger partial charge in [-0.3, -0.25) is 19.2 Å². The van der Waals surface area contributed by atoms with Gasteiger partial charge in [-0.2, -0.15) is 0 Å². The quantitative estimate of drug-likeness (QED) is 0.218. The van der Waals surface area contributed by atoms with Crippen LogP contribution in [0.3, 0.4) is 0 Å². The first-order valence-corrected chi connectivity index (χ1v) is 16.7. The predicted octanol–water partition coefficient (Wildman–Crippen LogP) is 4.01. The maximum absolute atomic E-state index is 14.1. The van der Waals surface area contributed by atoms with Gasteiger partial charge in [0.2, 0.25) is 4.93 Å². The van der Waals surface area contributed by atoms with E-state index in [0.29, 0.717) is 24.2 Å². The molecule has 17 heteroatoms. The molecule has 48 heavy (non-hydrogen) atoms. The van der Waals surface area contributed by atoms with Gasteiger partial charge in [0, 0.05) is 39.0 Å². The molecule has 0 aliphatic carbocycles. The molecule has 1 aromatic carbocycles. The van der Waals surface area contributed by atoms with Crippen LogP contribution in [-0.4, -0.2) is 95.5 Å². The Labute approximate surface area is 292 Å². The second-order valence-corrected chi connectivity index (χ2v) is 14.2. The number of fused-ring (bicyclic) bond motifs is 13. The van der Waals surface area contributed by atoms with Crippen LogP contribution >= 0.6 is 35.0 Å². The third-order valence-corrected chi connectivity index (χ3v) is 8.95. The predicted molar refractivity (Wildman–Crippen MR) is 170 cm³/mol. The molecule has 3 fully saturated rings. The average Bonchev–Trinajstić information content (AvgIpc) is 2.99. The van der Waals surface area contributed by atoms with Gasteiger partial charge in [0.1, 0.15) is 25.4 Å². The number of hydrogen-bond acceptors (Lipinski definition) is 14. The summed E-state index contributed by atoms with van der Waals surface area (Å²) in [5.74, 6) is -4.14. The summed E-state index contributed by atoms with van der Waals surface area (Å²) in [6, 6.07) is 7.23. The van der Waals surface area contributed by atoms with Gasteiger partial charge in [0.05, 0.1) is 12.6 Å². The fraction of sp³-hybridized carbons (Fsp3) is 0.613. The topological polar surface area (TPSA) is 179 Å². The van der Waals surface area contributed by atoms with Crippen LogP contribution in [0.15, 0.2) is 35.2 Å². The molecule has 0 unspecified atom stereocenters. The summed E-state index contributed by atoms with van der Waals surface area (Å²) < 4.78 is 38.0. The zero-order valence-corrected chi connectivity index (χ0v) is 29.2. The molecular formula is C31H39Cl2NO13S. The van der Waals surface area contributed by atoms with Crippen LogP contribution in [0.25, 0.3) is 0 Å². The molecule has 1 aromatic rings. The second kappa shape index (κ2) is 17.9. The van der Waals surface area contributed by atoms with Gasteiger partial charge < -0.3 is 38.5 Å². The standard InChI is InChI=1S/C31H39Cl2NO13S/c1-18(35)42-16-24(45-20(3)37)26(46-21(4)38)27-25-23(44-19(2)36)15-31(47-27,48-22-11-7-5-8-12-22)28(39)41-14-10-6-9-13-30(32,33)17-43-29(40)34-25/h5,7-8,11-12,23-27H,6,9-10,13-17H2,1-4H3,(H,34,40)/t23-,24+,25+,26+,27+,31-/m0/s1. The first-order valence-electron chi connectivity index (χ1n) is 15.2. The number of hydrogen-bond donors (Lipinski definition) is 1. The van der Waals surface area contributed by atoms with Crippen molar-refractivity contribution in [1.29, 1.82) is 0 Å². The van der Waals surface area contributed by atoms with Crippen molar-refractivity contribution < 1.29 is 61.9 Å². The molecule has 1 amide bonds. The normalized spacial score (nSPS) is 26.0. The highest BCUT2D eigenvalue weighted by Gasteiger charge is 2.59. The van der Waals surface area contributed by atoms with Crippen molar-refractivity contribution in [3.8, 4) is 0 Å². The molecule has 4 rings (SSSR count). The number of carbonyl (C=O) groups is 6. The van der Waals surface area contributed by atoms with Crippen LogP contribution in [0.1, 0.15) is 59.8 Å². The fourth-order valence-corrected chi connectivity index (χ4v) is 6.75. The minimum atomic E-state index is -1.98. The summed E-state index contributed by atoms with van der Waals surface area (Å²) in [7, 11) is 0. The third-order valence-electron chi connectivity index (χ3n) is 7.08. The lowest BCUT2D eigenvalue weighted by atomic mass is 9.89. The molecule has 0 spiro atoms. The maximum atomic E-state index is 14.1. The molecule has 1 N–H and O–H groups in total. The monoisotopic (exact) mass is 735 g/mol. The van der Waals surface area contributed by atoms with E-state index in [2.05, 4.69) is 5.32 Å². The second-order valence-electron chi connectivity index (χ2n) is 11.2. The van der Waals surface area contributed by atoms with Crippen molar-refractivity contribution in [3.05, 3.63) is 30.3 Å². The van der Waals surface area contributed by atoms with E-state index in [1.165, 1.54) is 0 Å². The molecule has 3 aliphatic heterocycles. The molecule has 14 nitrogen and oxygen atoms in total. The molecule has 3 saturated heterocycles. The van der Waals surface area contributed by atoms with E-state index in [1.54, 1.807) is 30.3 Å². The highest BCUT2D eigenvalue weighted by Crippen LogP contribution is 2.46. The molecule has 0 radical (unpaired) electrons. The zero-order valence-electron chi connectivity index (χ0n) is 26.9. The molecular weight excluding hydrogens is 697 g/mol. The smallest absolute Gasteiger partial charge is 0.407 e. The van der Waals surface area contributed by atoms with E-state index >= 15 is 0 Å². The van der Waals surface area contributed by atoms with Gasteiger partial charge in [-0.25, -0.2) is 9.59 Å². The SMILES string of the molecule is CC(=O)OC[C@@H](OC(C)=O)[C@@H](OC(C)=O)[C@@H]1O[C@]2(Sc3ccccc3)C[C@H](OC(C)=O)[C@H]1NC(=O)OCC(Cl)(Cl)CCCCCOC2=O. The van der Waals surface area contributed by atoms with Crippen molar-refractivity contribution in [2.75, 3.05) is 19.8 Å². The number of ether oxygens (including phenoxy) is 7. The number of alkyl halides is 2. The molecule has 266 valence electrons. The Bertz CT molecular complexity index is 1320. The molecule has 2 bridgehead atoms. The Balaban J connectivity index is 2.25. The highest BCUT2D eigenvalue weighted by atomic mass is 35.5. The lowest BCUT2D eigenvalue weighted by Gasteiger charge is -2.48. The molecule has 0 saturated carbocycles. The van der Waals surface area contributed by atoms with E-state index in [-0.39, 0.29) is 19.4 Å². The average molecular weight is 737 g/mol. The van der Waals surface area contributed by atoms with Crippen LogP contribution in [0.2, 0.25) is 0 Å². The molecule has 0 aromatic heterocycles. The lowest BCUT2D eigenvalue weighted by Crippen LogP contribution is -2.68. The summed E-state index contributed by atoms with van der Waals surface area (Å²) in [5, 5.41) is 2.57. The van der Waals surface area contributed by atoms with E-state index in [0.717, 1.165) is 39.5 Å². The number of halogens is 2. The summed E-state index contributed by atoms with van der Waals surface area (Å²) in [5.41, 5.74) is 0. The van der Waals surface area contributed by atoms with Gasteiger partial charge in [0.15, 0.2) is 16.5 Å². The van der Waals surface area contributed by atoms with Crippen molar-refractivity contribution in [3.63, 3.8) is 0 Å². The van der Waals surface area contributed by atoms with Gasteiger partial charge in [-0.05, 0) is 31.4 Å². The van der Waals surface area contributed by atoms with Crippen LogP contribution in [0.5, 0.6) is 0 Å². The first-order chi connectivity index (χ1) is 22.6. The number of amides is 1. The third kappa shape index (κ3) is 12.0. The maximum Gasteiger partial charge on any atom is 0.407 e. The lowest BCUT2D eigenvalue weighted by molar-refractivity contribution is -0.224. The van der Waals surface area contributed by atoms with Crippen molar-refractivity contribution in [2.45, 2.75) is 104 Å². The Hall–Kier alpha value is -3.27. The molecule has 6 atom stereocenters. The molecule has 3 aliphatic rings. The zero-order chi connectivity index (χ0) is 35.5. The number of thioether (sulfide) groups is 1. The number of benzene rings is 1. The van der Waals surface area contributed by atoms with E-state index in [4.69, 9.17) is 56.4 Å². The Morgan fingerprint density at radius 3 is 2.25 bits per heavy atom. The van der Waals surface area contributed by atoms with Crippen LogP contribution in [0.4, 0.5) is 4.79 Å². The van der Waals surface area contributed by atoms with Crippen LogP contribution in [-0.2, 0) is 57.1 Å². The highest BCUT2D eigenvalue weighted by molar-refractivity contribution is 8.01. The number of rotatable bonds is 9.